The van der Waals surface area contributed by atoms with E-state index in [1.807, 2.05) is 11.3 Å². The van der Waals surface area contributed by atoms with Gasteiger partial charge in [-0.05, 0) is 126 Å². The lowest BCUT2D eigenvalue weighted by Gasteiger charge is -2.27. The molecule has 1 heterocycles. The van der Waals surface area contributed by atoms with Crippen LogP contribution in [0.2, 0.25) is 0 Å². The van der Waals surface area contributed by atoms with Gasteiger partial charge in [0.05, 0.1) is 0 Å². The van der Waals surface area contributed by atoms with Gasteiger partial charge in [0.2, 0.25) is 0 Å². The first-order valence-electron chi connectivity index (χ1n) is 18.5. The molecule has 0 aliphatic carbocycles. The maximum atomic E-state index is 2.40. The Kier molecular flexibility index (Phi) is 7.11. The molecule has 1 nitrogen and oxygen atoms in total. The van der Waals surface area contributed by atoms with Gasteiger partial charge in [-0.2, -0.15) is 0 Å². The van der Waals surface area contributed by atoms with E-state index in [0.717, 1.165) is 17.1 Å². The summed E-state index contributed by atoms with van der Waals surface area (Å²) in [6, 6.07) is 73.6. The molecule has 0 saturated carbocycles. The van der Waals surface area contributed by atoms with Gasteiger partial charge in [0.15, 0.2) is 0 Å². The molecule has 11 rings (SSSR count). The van der Waals surface area contributed by atoms with E-state index < -0.39 is 0 Å². The molecule has 0 aliphatic rings. The molecule has 0 bridgehead atoms. The molecule has 252 valence electrons. The first kappa shape index (κ1) is 30.8. The van der Waals surface area contributed by atoms with Gasteiger partial charge in [0, 0.05) is 37.2 Å². The van der Waals surface area contributed by atoms with Crippen molar-refractivity contribution in [2.24, 2.45) is 0 Å². The minimum atomic E-state index is 1.11. The van der Waals surface area contributed by atoms with E-state index in [2.05, 4.69) is 205 Å². The van der Waals surface area contributed by atoms with Gasteiger partial charge in [-0.15, -0.1) is 11.3 Å². The van der Waals surface area contributed by atoms with Gasteiger partial charge >= 0.3 is 0 Å². The lowest BCUT2D eigenvalue weighted by atomic mass is 9.90. The van der Waals surface area contributed by atoms with Crippen LogP contribution in [0, 0.1) is 0 Å². The maximum absolute atomic E-state index is 2.40. The van der Waals surface area contributed by atoms with E-state index >= 15 is 0 Å². The van der Waals surface area contributed by atoms with E-state index in [9.17, 15) is 0 Å². The lowest BCUT2D eigenvalue weighted by Crippen LogP contribution is -2.10. The fraction of sp³-hybridized carbons (Fsp3) is 0. The van der Waals surface area contributed by atoms with Gasteiger partial charge in [-0.25, -0.2) is 0 Å². The number of anilines is 3. The number of thiophene rings is 1. The normalized spacial score (nSPS) is 11.7. The Morgan fingerprint density at radius 1 is 0.296 bits per heavy atom. The van der Waals surface area contributed by atoms with Crippen molar-refractivity contribution >= 4 is 91.7 Å². The second-order valence-electron chi connectivity index (χ2n) is 14.1. The van der Waals surface area contributed by atoms with Crippen LogP contribution in [0.1, 0.15) is 0 Å². The Bertz CT molecular complexity index is 3210. The minimum absolute atomic E-state index is 1.11. The summed E-state index contributed by atoms with van der Waals surface area (Å²) >= 11 is 1.87. The van der Waals surface area contributed by atoms with Crippen LogP contribution in [0.25, 0.3) is 85.5 Å². The number of hydrogen-bond donors (Lipinski definition) is 0. The zero-order valence-electron chi connectivity index (χ0n) is 29.4. The van der Waals surface area contributed by atoms with Crippen LogP contribution in [0.3, 0.4) is 0 Å². The van der Waals surface area contributed by atoms with Gasteiger partial charge in [0.1, 0.15) is 0 Å². The van der Waals surface area contributed by atoms with Crippen LogP contribution in [0.15, 0.2) is 200 Å². The lowest BCUT2D eigenvalue weighted by molar-refractivity contribution is 1.29. The van der Waals surface area contributed by atoms with Gasteiger partial charge in [0.25, 0.3) is 0 Å². The zero-order chi connectivity index (χ0) is 35.6. The van der Waals surface area contributed by atoms with Crippen molar-refractivity contribution in [3.05, 3.63) is 200 Å². The second kappa shape index (κ2) is 12.4. The van der Waals surface area contributed by atoms with Crippen molar-refractivity contribution < 1.29 is 0 Å². The molecular formula is C52H33NS. The molecule has 1 aromatic heterocycles. The minimum Gasteiger partial charge on any atom is -0.310 e. The summed E-state index contributed by atoms with van der Waals surface area (Å²) in [4.78, 5) is 2.40. The monoisotopic (exact) mass is 703 g/mol. The average molecular weight is 704 g/mol. The molecule has 54 heavy (non-hydrogen) atoms. The molecule has 0 aliphatic heterocycles. The molecule has 0 saturated heterocycles. The molecule has 10 aromatic carbocycles. The summed E-state index contributed by atoms with van der Waals surface area (Å²) in [6.45, 7) is 0. The van der Waals surface area contributed by atoms with Crippen molar-refractivity contribution in [3.63, 3.8) is 0 Å². The zero-order valence-corrected chi connectivity index (χ0v) is 30.2. The summed E-state index contributed by atoms with van der Waals surface area (Å²) < 4.78 is 2.66. The van der Waals surface area contributed by atoms with Crippen LogP contribution in [0.4, 0.5) is 17.1 Å². The Labute approximate surface area is 317 Å². The number of rotatable bonds is 5. The molecule has 0 atom stereocenters. The van der Waals surface area contributed by atoms with Crippen LogP contribution in [0.5, 0.6) is 0 Å². The molecule has 0 fully saturated rings. The average Bonchev–Trinajstić information content (AvgIpc) is 3.60. The highest BCUT2D eigenvalue weighted by atomic mass is 32.1. The fourth-order valence-electron chi connectivity index (χ4n) is 8.40. The molecular weight excluding hydrogens is 671 g/mol. The topological polar surface area (TPSA) is 3.24 Å². The molecule has 11 aromatic rings. The summed E-state index contributed by atoms with van der Waals surface area (Å²) in [5.74, 6) is 0. The molecule has 0 unspecified atom stereocenters. The first-order chi connectivity index (χ1) is 26.7. The quantitative estimate of drug-likeness (QED) is 0.161. The maximum Gasteiger partial charge on any atom is 0.0468 e. The summed E-state index contributed by atoms with van der Waals surface area (Å²) in [7, 11) is 0. The first-order valence-corrected chi connectivity index (χ1v) is 19.3. The van der Waals surface area contributed by atoms with Crippen LogP contribution in [-0.4, -0.2) is 0 Å². The molecule has 0 N–H and O–H groups in total. The number of nitrogens with zero attached hydrogens (tertiary/aromatic N) is 1. The van der Waals surface area contributed by atoms with E-state index in [1.165, 1.54) is 85.5 Å². The standard InChI is InChI=1S/C52H33NS/c1-2-11-34(12-3-1)37-14-10-15-42(29-37)53(43-28-25-38-33-51-49(32-40(38)30-43)46-18-8-9-20-50(46)54-51)41-26-23-36(24-27-41)48-31-39-22-21-35-13-4-5-16-44(35)52(39)47-19-7-6-17-45(47)48/h1-33H. The number of benzene rings is 10. The summed E-state index contributed by atoms with van der Waals surface area (Å²) in [5, 5.41) is 12.8. The Morgan fingerprint density at radius 3 is 1.83 bits per heavy atom. The predicted octanol–water partition coefficient (Wildman–Crippen LogP) is 15.5. The summed E-state index contributed by atoms with van der Waals surface area (Å²) in [5.41, 5.74) is 8.20. The van der Waals surface area contributed by atoms with Crippen molar-refractivity contribution in [1.82, 2.24) is 0 Å². The van der Waals surface area contributed by atoms with Crippen LogP contribution >= 0.6 is 11.3 Å². The van der Waals surface area contributed by atoms with Crippen molar-refractivity contribution in [1.29, 1.82) is 0 Å². The van der Waals surface area contributed by atoms with E-state index in [4.69, 9.17) is 0 Å². The highest BCUT2D eigenvalue weighted by Gasteiger charge is 2.17. The van der Waals surface area contributed by atoms with Crippen molar-refractivity contribution in [2.75, 3.05) is 4.90 Å². The van der Waals surface area contributed by atoms with Crippen molar-refractivity contribution in [3.8, 4) is 22.3 Å². The third kappa shape index (κ3) is 5.07. The number of hydrogen-bond acceptors (Lipinski definition) is 2. The van der Waals surface area contributed by atoms with Crippen molar-refractivity contribution in [2.45, 2.75) is 0 Å². The van der Waals surface area contributed by atoms with Gasteiger partial charge in [-0.1, -0.05) is 140 Å². The smallest absolute Gasteiger partial charge is 0.0468 e. The number of fused-ring (bicyclic) bond motifs is 9. The SMILES string of the molecule is c1ccc(-c2cccc(N(c3ccc(-c4cc5ccc6ccccc6c5c5ccccc45)cc3)c3ccc4cc5sc6ccccc6c5cc4c3)c2)cc1. The Balaban J connectivity index is 1.07. The van der Waals surface area contributed by atoms with Gasteiger partial charge in [-0.3, -0.25) is 0 Å². The van der Waals surface area contributed by atoms with Crippen LogP contribution in [-0.2, 0) is 0 Å². The summed E-state index contributed by atoms with van der Waals surface area (Å²) in [6.07, 6.45) is 0. The van der Waals surface area contributed by atoms with Crippen LogP contribution < -0.4 is 4.90 Å². The predicted molar refractivity (Wildman–Crippen MR) is 235 cm³/mol. The molecule has 0 radical (unpaired) electrons. The third-order valence-corrected chi connectivity index (χ3v) is 12.1. The highest BCUT2D eigenvalue weighted by Crippen LogP contribution is 2.43. The van der Waals surface area contributed by atoms with Gasteiger partial charge < -0.3 is 4.90 Å². The Hall–Kier alpha value is -6.74. The Morgan fingerprint density at radius 2 is 0.963 bits per heavy atom. The third-order valence-electron chi connectivity index (χ3n) is 11.0. The van der Waals surface area contributed by atoms with E-state index in [1.54, 1.807) is 0 Å². The van der Waals surface area contributed by atoms with E-state index in [0.29, 0.717) is 0 Å². The fourth-order valence-corrected chi connectivity index (χ4v) is 9.54. The highest BCUT2D eigenvalue weighted by molar-refractivity contribution is 7.25. The molecule has 2 heteroatoms. The second-order valence-corrected chi connectivity index (χ2v) is 15.2. The molecule has 0 spiro atoms. The molecule has 0 amide bonds. The van der Waals surface area contributed by atoms with E-state index in [-0.39, 0.29) is 0 Å². The largest absolute Gasteiger partial charge is 0.310 e.